The Morgan fingerprint density at radius 3 is 3.00 bits per heavy atom. The van der Waals surface area contributed by atoms with Gasteiger partial charge in [0.15, 0.2) is 0 Å². The molecule has 2 nitrogen and oxygen atoms in total. The molecule has 1 aromatic rings. The van der Waals surface area contributed by atoms with E-state index in [1.165, 1.54) is 24.7 Å². The lowest BCUT2D eigenvalue weighted by atomic mass is 10.2. The van der Waals surface area contributed by atoms with Crippen molar-refractivity contribution in [1.29, 1.82) is 0 Å². The molecule has 2 atom stereocenters. The summed E-state index contributed by atoms with van der Waals surface area (Å²) in [6.07, 6.45) is 2.67. The molecule has 0 N–H and O–H groups in total. The van der Waals surface area contributed by atoms with E-state index in [4.69, 9.17) is 4.52 Å². The van der Waals surface area contributed by atoms with E-state index in [-0.39, 0.29) is 0 Å². The molecule has 0 saturated carbocycles. The van der Waals surface area contributed by atoms with Gasteiger partial charge in [-0.1, -0.05) is 30.3 Å². The molecule has 2 aliphatic rings. The van der Waals surface area contributed by atoms with Crippen LogP contribution in [0.4, 0.5) is 0 Å². The molecule has 3 rings (SSSR count). The third-order valence-corrected chi connectivity index (χ3v) is 5.07. The van der Waals surface area contributed by atoms with Crippen LogP contribution in [0.5, 0.6) is 0 Å². The Balaban J connectivity index is 1.86. The molecule has 2 saturated heterocycles. The Labute approximate surface area is 85.8 Å². The standard InChI is InChI=1S/C11H14NOP/c1-2-6-11(7-3-1)14-12-8-4-5-10(12)9-13-14/h1-3,6-7,10H,4-5,8-9H2/t10-,14-/m1/s1. The van der Waals surface area contributed by atoms with Crippen molar-refractivity contribution in [2.45, 2.75) is 18.9 Å². The van der Waals surface area contributed by atoms with Gasteiger partial charge >= 0.3 is 0 Å². The summed E-state index contributed by atoms with van der Waals surface area (Å²) in [5.74, 6) is 0. The molecule has 2 heterocycles. The average molecular weight is 207 g/mol. The van der Waals surface area contributed by atoms with Gasteiger partial charge in [-0.25, -0.2) is 0 Å². The third-order valence-electron chi connectivity index (χ3n) is 2.95. The minimum absolute atomic E-state index is 0.447. The van der Waals surface area contributed by atoms with E-state index in [1.807, 2.05) is 0 Å². The second kappa shape index (κ2) is 3.62. The van der Waals surface area contributed by atoms with Crippen LogP contribution in [0.15, 0.2) is 30.3 Å². The lowest BCUT2D eigenvalue weighted by Gasteiger charge is -2.20. The van der Waals surface area contributed by atoms with Crippen molar-refractivity contribution in [1.82, 2.24) is 4.67 Å². The van der Waals surface area contributed by atoms with Crippen LogP contribution in [-0.2, 0) is 4.52 Å². The maximum atomic E-state index is 5.90. The molecule has 14 heavy (non-hydrogen) atoms. The predicted molar refractivity (Wildman–Crippen MR) is 58.7 cm³/mol. The van der Waals surface area contributed by atoms with Crippen molar-refractivity contribution in [3.8, 4) is 0 Å². The topological polar surface area (TPSA) is 12.5 Å². The Bertz CT molecular complexity index is 316. The number of fused-ring (bicyclic) bond motifs is 1. The van der Waals surface area contributed by atoms with Crippen LogP contribution in [0.1, 0.15) is 12.8 Å². The molecule has 3 heteroatoms. The average Bonchev–Trinajstić information content (AvgIpc) is 2.79. The predicted octanol–water partition coefficient (Wildman–Crippen LogP) is 2.12. The van der Waals surface area contributed by atoms with E-state index < -0.39 is 8.30 Å². The van der Waals surface area contributed by atoms with Gasteiger partial charge in [-0.3, -0.25) is 4.67 Å². The molecular formula is C11H14NOP. The molecule has 0 amide bonds. The summed E-state index contributed by atoms with van der Waals surface area (Å²) in [5, 5.41) is 1.37. The molecular weight excluding hydrogens is 193 g/mol. The highest BCUT2D eigenvalue weighted by Crippen LogP contribution is 2.50. The summed E-state index contributed by atoms with van der Waals surface area (Å²) in [5.41, 5.74) is 0. The van der Waals surface area contributed by atoms with Crippen molar-refractivity contribution in [3.63, 3.8) is 0 Å². The van der Waals surface area contributed by atoms with Crippen LogP contribution < -0.4 is 5.30 Å². The van der Waals surface area contributed by atoms with Crippen LogP contribution in [0.2, 0.25) is 0 Å². The maximum absolute atomic E-state index is 5.90. The fourth-order valence-electron chi connectivity index (χ4n) is 2.24. The summed E-state index contributed by atoms with van der Waals surface area (Å²) in [6.45, 7) is 2.17. The molecule has 1 aromatic carbocycles. The van der Waals surface area contributed by atoms with Crippen LogP contribution in [0, 0.1) is 0 Å². The first kappa shape index (κ1) is 8.84. The molecule has 0 aliphatic carbocycles. The summed E-state index contributed by atoms with van der Waals surface area (Å²) in [7, 11) is -0.447. The molecule has 0 radical (unpaired) electrons. The van der Waals surface area contributed by atoms with Gasteiger partial charge in [0.25, 0.3) is 0 Å². The first-order valence-electron chi connectivity index (χ1n) is 5.20. The zero-order valence-electron chi connectivity index (χ0n) is 8.10. The fraction of sp³-hybridized carbons (Fsp3) is 0.455. The summed E-state index contributed by atoms with van der Waals surface area (Å²) < 4.78 is 8.46. The second-order valence-electron chi connectivity index (χ2n) is 3.86. The third kappa shape index (κ3) is 1.38. The van der Waals surface area contributed by atoms with Gasteiger partial charge in [0.2, 0.25) is 0 Å². The molecule has 0 unspecified atom stereocenters. The van der Waals surface area contributed by atoms with E-state index in [9.17, 15) is 0 Å². The van der Waals surface area contributed by atoms with E-state index >= 15 is 0 Å². The number of rotatable bonds is 1. The molecule has 0 bridgehead atoms. The van der Waals surface area contributed by atoms with Crippen LogP contribution in [-0.4, -0.2) is 23.9 Å². The van der Waals surface area contributed by atoms with Crippen molar-refractivity contribution < 1.29 is 4.52 Å². The minimum Gasteiger partial charge on any atom is -0.338 e. The summed E-state index contributed by atoms with van der Waals surface area (Å²) >= 11 is 0. The minimum atomic E-state index is -0.447. The number of nitrogens with zero attached hydrogens (tertiary/aromatic N) is 1. The van der Waals surface area contributed by atoms with Gasteiger partial charge < -0.3 is 4.52 Å². The lowest BCUT2D eigenvalue weighted by molar-refractivity contribution is 0.342. The maximum Gasteiger partial charge on any atom is 0.137 e. The normalized spacial score (nSPS) is 32.0. The van der Waals surface area contributed by atoms with E-state index in [0.717, 1.165) is 6.61 Å². The number of hydrogen-bond acceptors (Lipinski definition) is 2. The first-order chi connectivity index (χ1) is 6.95. The van der Waals surface area contributed by atoms with Crippen LogP contribution in [0.25, 0.3) is 0 Å². The van der Waals surface area contributed by atoms with Crippen molar-refractivity contribution in [2.24, 2.45) is 0 Å². The lowest BCUT2D eigenvalue weighted by Crippen LogP contribution is -2.22. The highest BCUT2D eigenvalue weighted by Gasteiger charge is 2.38. The van der Waals surface area contributed by atoms with Gasteiger partial charge in [-0.2, -0.15) is 0 Å². The Kier molecular flexibility index (Phi) is 2.28. The Hall–Kier alpha value is -0.430. The monoisotopic (exact) mass is 207 g/mol. The highest BCUT2D eigenvalue weighted by atomic mass is 31.2. The molecule has 2 aliphatic heterocycles. The van der Waals surface area contributed by atoms with Gasteiger partial charge in [0, 0.05) is 17.9 Å². The van der Waals surface area contributed by atoms with Gasteiger partial charge in [-0.15, -0.1) is 0 Å². The summed E-state index contributed by atoms with van der Waals surface area (Å²) in [6, 6.07) is 11.4. The Morgan fingerprint density at radius 2 is 2.14 bits per heavy atom. The molecule has 74 valence electrons. The number of hydrogen-bond donors (Lipinski definition) is 0. The Morgan fingerprint density at radius 1 is 1.29 bits per heavy atom. The van der Waals surface area contributed by atoms with E-state index in [0.29, 0.717) is 6.04 Å². The van der Waals surface area contributed by atoms with Crippen LogP contribution >= 0.6 is 8.30 Å². The zero-order valence-corrected chi connectivity index (χ0v) is 8.99. The smallest absolute Gasteiger partial charge is 0.137 e. The zero-order chi connectivity index (χ0) is 9.38. The van der Waals surface area contributed by atoms with Crippen molar-refractivity contribution in [3.05, 3.63) is 30.3 Å². The van der Waals surface area contributed by atoms with E-state index in [2.05, 4.69) is 35.0 Å². The van der Waals surface area contributed by atoms with Gasteiger partial charge in [-0.05, 0) is 12.8 Å². The highest BCUT2D eigenvalue weighted by molar-refractivity contribution is 7.58. The van der Waals surface area contributed by atoms with E-state index in [1.54, 1.807) is 0 Å². The number of benzene rings is 1. The molecule has 2 fully saturated rings. The SMILES string of the molecule is c1ccc([P@@]2OC[C@H]3CCCN32)cc1. The molecule has 0 spiro atoms. The molecule has 0 aromatic heterocycles. The quantitative estimate of drug-likeness (QED) is 0.654. The van der Waals surface area contributed by atoms with Crippen molar-refractivity contribution in [2.75, 3.05) is 13.2 Å². The largest absolute Gasteiger partial charge is 0.338 e. The summed E-state index contributed by atoms with van der Waals surface area (Å²) in [4.78, 5) is 0. The second-order valence-corrected chi connectivity index (χ2v) is 5.70. The van der Waals surface area contributed by atoms with Crippen molar-refractivity contribution >= 4 is 13.6 Å². The first-order valence-corrected chi connectivity index (χ1v) is 6.41. The fourth-order valence-corrected chi connectivity index (χ4v) is 4.37. The van der Waals surface area contributed by atoms with Crippen LogP contribution in [0.3, 0.4) is 0 Å². The van der Waals surface area contributed by atoms with Gasteiger partial charge in [0.1, 0.15) is 8.30 Å². The van der Waals surface area contributed by atoms with Gasteiger partial charge in [0.05, 0.1) is 6.61 Å².